The molecule has 0 bridgehead atoms. The van der Waals surface area contributed by atoms with Crippen LogP contribution in [-0.2, 0) is 0 Å². The number of aromatic nitrogens is 1. The van der Waals surface area contributed by atoms with Crippen molar-refractivity contribution >= 4 is 27.4 Å². The molecule has 1 rings (SSSR count). The molecule has 0 aliphatic rings. The molecule has 0 fully saturated rings. The molecular weight excluding hydrogens is 234 g/mol. The molecule has 0 unspecified atom stereocenters. The number of halogens is 1. The number of alkyl halides is 1. The van der Waals surface area contributed by atoms with Crippen molar-refractivity contribution in [2.45, 2.75) is 0 Å². The van der Waals surface area contributed by atoms with Crippen molar-refractivity contribution in [3.8, 4) is 6.07 Å². The Labute approximate surface area is 83.5 Å². The van der Waals surface area contributed by atoms with Gasteiger partial charge < -0.3 is 5.73 Å². The highest BCUT2D eigenvalue weighted by atomic mass is 79.9. The van der Waals surface area contributed by atoms with Crippen LogP contribution in [0.3, 0.4) is 0 Å². The first-order valence-corrected chi connectivity index (χ1v) is 4.57. The molecule has 5 heteroatoms. The Morgan fingerprint density at radius 3 is 2.92 bits per heavy atom. The van der Waals surface area contributed by atoms with Crippen molar-refractivity contribution in [1.29, 1.82) is 5.26 Å². The van der Waals surface area contributed by atoms with E-state index >= 15 is 0 Å². The van der Waals surface area contributed by atoms with Crippen molar-refractivity contribution in [1.82, 2.24) is 4.98 Å². The first-order chi connectivity index (χ1) is 6.19. The van der Waals surface area contributed by atoms with E-state index in [9.17, 15) is 4.79 Å². The van der Waals surface area contributed by atoms with Crippen LogP contribution in [0.1, 0.15) is 16.2 Å². The molecule has 1 aromatic rings. The molecule has 0 saturated carbocycles. The Hall–Kier alpha value is -1.41. The molecule has 2 N–H and O–H groups in total. The number of carbonyl (C=O) groups is 1. The van der Waals surface area contributed by atoms with Gasteiger partial charge in [0.25, 0.3) is 0 Å². The fourth-order valence-corrected chi connectivity index (χ4v) is 1.07. The third-order valence-corrected chi connectivity index (χ3v) is 1.95. The molecular formula is C8H6BrN3O. The average molecular weight is 240 g/mol. The number of ketones is 1. The smallest absolute Gasteiger partial charge is 0.191 e. The fourth-order valence-electron chi connectivity index (χ4n) is 0.783. The van der Waals surface area contributed by atoms with E-state index in [-0.39, 0.29) is 28.2 Å². The zero-order chi connectivity index (χ0) is 9.84. The van der Waals surface area contributed by atoms with Crippen LogP contribution in [0, 0.1) is 11.3 Å². The van der Waals surface area contributed by atoms with E-state index in [0.717, 1.165) is 0 Å². The summed E-state index contributed by atoms with van der Waals surface area (Å²) in [6, 6.07) is 4.81. The second kappa shape index (κ2) is 4.01. The van der Waals surface area contributed by atoms with Gasteiger partial charge in [0.1, 0.15) is 11.8 Å². The summed E-state index contributed by atoms with van der Waals surface area (Å²) in [6.45, 7) is 0. The van der Waals surface area contributed by atoms with Crippen LogP contribution >= 0.6 is 15.9 Å². The van der Waals surface area contributed by atoms with Gasteiger partial charge in [-0.25, -0.2) is 4.98 Å². The van der Waals surface area contributed by atoms with E-state index in [0.29, 0.717) is 0 Å². The SMILES string of the molecule is N#Cc1nc(C(=O)CBr)ccc1N. The van der Waals surface area contributed by atoms with Crippen LogP contribution in [0.2, 0.25) is 0 Å². The maximum Gasteiger partial charge on any atom is 0.191 e. The minimum atomic E-state index is -0.170. The van der Waals surface area contributed by atoms with Crippen molar-refractivity contribution in [3.05, 3.63) is 23.5 Å². The molecule has 0 amide bonds. The van der Waals surface area contributed by atoms with Crippen LogP contribution in [-0.4, -0.2) is 16.1 Å². The summed E-state index contributed by atoms with van der Waals surface area (Å²) in [5, 5.41) is 8.77. The average Bonchev–Trinajstić information content (AvgIpc) is 2.17. The molecule has 1 aromatic heterocycles. The molecule has 66 valence electrons. The lowest BCUT2D eigenvalue weighted by atomic mass is 10.2. The Kier molecular flexibility index (Phi) is 2.98. The standard InChI is InChI=1S/C8H6BrN3O/c9-3-8(13)6-2-1-5(11)7(4-10)12-6/h1-2H,3,11H2. The predicted molar refractivity (Wildman–Crippen MR) is 51.5 cm³/mol. The molecule has 0 aromatic carbocycles. The van der Waals surface area contributed by atoms with Crippen LogP contribution in [0.15, 0.2) is 12.1 Å². The van der Waals surface area contributed by atoms with E-state index in [1.807, 2.05) is 6.07 Å². The number of hydrogen-bond acceptors (Lipinski definition) is 4. The third-order valence-electron chi connectivity index (χ3n) is 1.44. The van der Waals surface area contributed by atoms with Crippen LogP contribution < -0.4 is 5.73 Å². The molecule has 0 aliphatic carbocycles. The Morgan fingerprint density at radius 1 is 1.69 bits per heavy atom. The molecule has 0 radical (unpaired) electrons. The second-order valence-electron chi connectivity index (χ2n) is 2.30. The molecule has 0 aliphatic heterocycles. The number of nitrogens with zero attached hydrogens (tertiary/aromatic N) is 2. The maximum absolute atomic E-state index is 11.1. The largest absolute Gasteiger partial charge is 0.396 e. The lowest BCUT2D eigenvalue weighted by Crippen LogP contribution is -2.05. The topological polar surface area (TPSA) is 79.8 Å². The Bertz CT molecular complexity index is 383. The number of rotatable bonds is 2. The first kappa shape index (κ1) is 9.68. The summed E-state index contributed by atoms with van der Waals surface area (Å²) in [7, 11) is 0. The summed E-state index contributed by atoms with van der Waals surface area (Å²) in [4.78, 5) is 14.9. The summed E-state index contributed by atoms with van der Waals surface area (Å²) < 4.78 is 0. The van der Waals surface area contributed by atoms with Crippen molar-refractivity contribution in [2.75, 3.05) is 11.1 Å². The zero-order valence-corrected chi connectivity index (χ0v) is 8.21. The number of pyridine rings is 1. The van der Waals surface area contributed by atoms with Crippen LogP contribution in [0.4, 0.5) is 5.69 Å². The van der Waals surface area contributed by atoms with Crippen molar-refractivity contribution < 1.29 is 4.79 Å². The van der Waals surface area contributed by atoms with E-state index < -0.39 is 0 Å². The van der Waals surface area contributed by atoms with Gasteiger partial charge in [-0.3, -0.25) is 4.79 Å². The van der Waals surface area contributed by atoms with E-state index in [1.165, 1.54) is 12.1 Å². The van der Waals surface area contributed by atoms with Gasteiger partial charge in [0, 0.05) is 0 Å². The molecule has 0 spiro atoms. The molecule has 13 heavy (non-hydrogen) atoms. The highest BCUT2D eigenvalue weighted by Crippen LogP contribution is 2.09. The number of anilines is 1. The Morgan fingerprint density at radius 2 is 2.38 bits per heavy atom. The number of carbonyl (C=O) groups excluding carboxylic acids is 1. The van der Waals surface area contributed by atoms with Crippen LogP contribution in [0.5, 0.6) is 0 Å². The van der Waals surface area contributed by atoms with Gasteiger partial charge in [0.2, 0.25) is 0 Å². The van der Waals surface area contributed by atoms with Gasteiger partial charge in [-0.15, -0.1) is 0 Å². The van der Waals surface area contributed by atoms with Gasteiger partial charge in [0.05, 0.1) is 11.0 Å². The van der Waals surface area contributed by atoms with E-state index in [2.05, 4.69) is 20.9 Å². The number of nitrogen functional groups attached to an aromatic ring is 1. The van der Waals surface area contributed by atoms with Crippen molar-refractivity contribution in [2.24, 2.45) is 0 Å². The highest BCUT2D eigenvalue weighted by Gasteiger charge is 2.08. The quantitative estimate of drug-likeness (QED) is 0.620. The minimum Gasteiger partial charge on any atom is -0.396 e. The van der Waals surface area contributed by atoms with Gasteiger partial charge >= 0.3 is 0 Å². The monoisotopic (exact) mass is 239 g/mol. The van der Waals surface area contributed by atoms with Crippen molar-refractivity contribution in [3.63, 3.8) is 0 Å². The fraction of sp³-hybridized carbons (Fsp3) is 0.125. The summed E-state index contributed by atoms with van der Waals surface area (Å²) >= 11 is 3.01. The van der Waals surface area contributed by atoms with Gasteiger partial charge in [-0.2, -0.15) is 5.26 Å². The summed E-state index contributed by atoms with van der Waals surface area (Å²) in [5.41, 5.74) is 6.06. The normalized spacial score (nSPS) is 9.23. The molecule has 0 atom stereocenters. The van der Waals surface area contributed by atoms with E-state index in [4.69, 9.17) is 11.0 Å². The molecule has 0 saturated heterocycles. The number of hydrogen-bond donors (Lipinski definition) is 1. The lowest BCUT2D eigenvalue weighted by Gasteiger charge is -1.98. The van der Waals surface area contributed by atoms with Gasteiger partial charge in [-0.05, 0) is 12.1 Å². The predicted octanol–water partition coefficient (Wildman–Crippen LogP) is 1.11. The first-order valence-electron chi connectivity index (χ1n) is 3.45. The molecule has 4 nitrogen and oxygen atoms in total. The summed E-state index contributed by atoms with van der Waals surface area (Å²) in [6.07, 6.45) is 0. The zero-order valence-electron chi connectivity index (χ0n) is 6.62. The van der Waals surface area contributed by atoms with E-state index in [1.54, 1.807) is 0 Å². The molecule has 1 heterocycles. The highest BCUT2D eigenvalue weighted by molar-refractivity contribution is 9.09. The second-order valence-corrected chi connectivity index (χ2v) is 2.86. The third kappa shape index (κ3) is 2.04. The minimum absolute atomic E-state index is 0.0896. The number of Topliss-reactive ketones (excluding diaryl/α,β-unsaturated/α-hetero) is 1. The number of nitrogens with two attached hydrogens (primary N) is 1. The van der Waals surface area contributed by atoms with Gasteiger partial charge in [-0.1, -0.05) is 15.9 Å². The number of nitriles is 1. The lowest BCUT2D eigenvalue weighted by molar-refractivity contribution is 0.101. The van der Waals surface area contributed by atoms with Crippen LogP contribution in [0.25, 0.3) is 0 Å². The Balaban J connectivity index is 3.15. The summed E-state index contributed by atoms with van der Waals surface area (Å²) in [5.74, 6) is -0.170. The van der Waals surface area contributed by atoms with Gasteiger partial charge in [0.15, 0.2) is 11.5 Å². The maximum atomic E-state index is 11.1.